The van der Waals surface area contributed by atoms with E-state index in [9.17, 15) is 18.4 Å². The number of hydrogen-bond acceptors (Lipinski definition) is 3. The zero-order chi connectivity index (χ0) is 19.6. The molecule has 1 atom stereocenters. The standard InChI is InChI=1S/C18H19F2N3O3S/c19-12-5-11-6-13(1-2-15(11)16(20)7-12)23-14(8-21-10-24)9-22(18(23)27)4-3-17(25)26/h5,7,9-10,13H,1-4,6,8H2,(H,21,24)(H,25,26). The van der Waals surface area contributed by atoms with Gasteiger partial charge in [0.1, 0.15) is 11.6 Å². The zero-order valence-corrected chi connectivity index (χ0v) is 15.3. The van der Waals surface area contributed by atoms with Gasteiger partial charge in [0, 0.05) is 24.8 Å². The van der Waals surface area contributed by atoms with Gasteiger partial charge in [-0.15, -0.1) is 0 Å². The Balaban J connectivity index is 1.95. The molecule has 1 aliphatic carbocycles. The smallest absolute Gasteiger partial charge is 0.305 e. The van der Waals surface area contributed by atoms with Crippen LogP contribution >= 0.6 is 12.2 Å². The molecule has 1 aromatic carbocycles. The molecule has 0 fully saturated rings. The van der Waals surface area contributed by atoms with E-state index in [0.29, 0.717) is 41.6 Å². The van der Waals surface area contributed by atoms with Gasteiger partial charge >= 0.3 is 5.97 Å². The van der Waals surface area contributed by atoms with Crippen LogP contribution in [0.15, 0.2) is 18.3 Å². The SMILES string of the molecule is O=CNCc1cn(CCC(=O)O)c(=S)n1C1CCc2c(F)cc(F)cc2C1. The van der Waals surface area contributed by atoms with E-state index >= 15 is 0 Å². The third kappa shape index (κ3) is 4.08. The average Bonchev–Trinajstić information content (AvgIpc) is 2.93. The van der Waals surface area contributed by atoms with Gasteiger partial charge in [0.05, 0.1) is 18.7 Å². The summed E-state index contributed by atoms with van der Waals surface area (Å²) in [4.78, 5) is 21.6. The van der Waals surface area contributed by atoms with Crippen molar-refractivity contribution in [3.63, 3.8) is 0 Å². The molecule has 6 nitrogen and oxygen atoms in total. The second-order valence-electron chi connectivity index (χ2n) is 6.53. The predicted octanol–water partition coefficient (Wildman–Crippen LogP) is 2.75. The average molecular weight is 395 g/mol. The molecule has 1 heterocycles. The first kappa shape index (κ1) is 19.2. The topological polar surface area (TPSA) is 76.3 Å². The van der Waals surface area contributed by atoms with E-state index in [1.807, 2.05) is 4.57 Å². The highest BCUT2D eigenvalue weighted by molar-refractivity contribution is 7.71. The van der Waals surface area contributed by atoms with Crippen molar-refractivity contribution >= 4 is 24.6 Å². The van der Waals surface area contributed by atoms with Crippen LogP contribution in [0.5, 0.6) is 0 Å². The molecular formula is C18H19F2N3O3S. The van der Waals surface area contributed by atoms with Gasteiger partial charge in [0.2, 0.25) is 6.41 Å². The number of nitrogens with one attached hydrogen (secondary N) is 1. The number of amides is 1. The van der Waals surface area contributed by atoms with Crippen LogP contribution in [0.1, 0.15) is 35.7 Å². The Kier molecular flexibility index (Phi) is 5.69. The van der Waals surface area contributed by atoms with Gasteiger partial charge in [-0.05, 0) is 48.7 Å². The van der Waals surface area contributed by atoms with Crippen LogP contribution in [0.4, 0.5) is 8.78 Å². The summed E-state index contributed by atoms with van der Waals surface area (Å²) in [5.74, 6) is -2.08. The number of aryl methyl sites for hydroxylation is 1. The number of halogens is 2. The fourth-order valence-electron chi connectivity index (χ4n) is 3.61. The van der Waals surface area contributed by atoms with Gasteiger partial charge < -0.3 is 19.6 Å². The number of aliphatic carboxylic acids is 1. The number of carbonyl (C=O) groups is 2. The van der Waals surface area contributed by atoms with Crippen molar-refractivity contribution in [2.75, 3.05) is 0 Å². The summed E-state index contributed by atoms with van der Waals surface area (Å²) in [6, 6.07) is 2.12. The number of carboxylic acid groups (broad SMARTS) is 1. The third-order valence-electron chi connectivity index (χ3n) is 4.80. The number of fused-ring (bicyclic) bond motifs is 1. The Bertz CT molecular complexity index is 939. The second kappa shape index (κ2) is 7.99. The molecule has 1 aromatic heterocycles. The number of aromatic nitrogens is 2. The van der Waals surface area contributed by atoms with E-state index in [1.165, 1.54) is 6.07 Å². The van der Waals surface area contributed by atoms with Crippen LogP contribution in [-0.2, 0) is 35.5 Å². The fraction of sp³-hybridized carbons (Fsp3) is 0.389. The first-order valence-electron chi connectivity index (χ1n) is 8.57. The van der Waals surface area contributed by atoms with Crippen molar-refractivity contribution in [1.29, 1.82) is 0 Å². The maximum atomic E-state index is 14.0. The lowest BCUT2D eigenvalue weighted by Crippen LogP contribution is -2.23. The normalized spacial score (nSPS) is 16.0. The van der Waals surface area contributed by atoms with Gasteiger partial charge in [-0.3, -0.25) is 9.59 Å². The first-order valence-corrected chi connectivity index (χ1v) is 8.97. The minimum Gasteiger partial charge on any atom is -0.481 e. The van der Waals surface area contributed by atoms with Gasteiger partial charge in [-0.25, -0.2) is 8.78 Å². The van der Waals surface area contributed by atoms with Crippen LogP contribution < -0.4 is 5.32 Å². The van der Waals surface area contributed by atoms with Crippen molar-refractivity contribution in [3.05, 3.63) is 51.6 Å². The summed E-state index contributed by atoms with van der Waals surface area (Å²) >= 11 is 5.52. The number of rotatable bonds is 7. The number of carboxylic acids is 1. The van der Waals surface area contributed by atoms with Crippen LogP contribution in [0.3, 0.4) is 0 Å². The van der Waals surface area contributed by atoms with Crippen LogP contribution in [-0.4, -0.2) is 26.6 Å². The van der Waals surface area contributed by atoms with Crippen molar-refractivity contribution in [1.82, 2.24) is 14.5 Å². The fourth-order valence-corrected chi connectivity index (χ4v) is 4.02. The molecule has 1 amide bonds. The summed E-state index contributed by atoms with van der Waals surface area (Å²) in [6.07, 6.45) is 3.69. The number of carbonyl (C=O) groups excluding carboxylic acids is 1. The molecule has 0 spiro atoms. The molecular weight excluding hydrogens is 376 g/mol. The highest BCUT2D eigenvalue weighted by atomic mass is 32.1. The molecule has 2 N–H and O–H groups in total. The zero-order valence-electron chi connectivity index (χ0n) is 14.5. The summed E-state index contributed by atoms with van der Waals surface area (Å²) in [5.41, 5.74) is 1.86. The molecule has 3 rings (SSSR count). The number of hydrogen-bond donors (Lipinski definition) is 2. The molecule has 9 heteroatoms. The summed E-state index contributed by atoms with van der Waals surface area (Å²) in [5, 5.41) is 11.5. The van der Waals surface area contributed by atoms with Gasteiger partial charge in [0.15, 0.2) is 4.77 Å². The quantitative estimate of drug-likeness (QED) is 0.558. The monoisotopic (exact) mass is 395 g/mol. The van der Waals surface area contributed by atoms with Crippen molar-refractivity contribution in [2.24, 2.45) is 0 Å². The minimum atomic E-state index is -0.935. The van der Waals surface area contributed by atoms with Crippen molar-refractivity contribution < 1.29 is 23.5 Å². The van der Waals surface area contributed by atoms with Gasteiger partial charge in [-0.1, -0.05) is 0 Å². The Labute approximate surface area is 159 Å². The van der Waals surface area contributed by atoms with E-state index in [2.05, 4.69) is 5.32 Å². The number of imidazole rings is 1. The third-order valence-corrected chi connectivity index (χ3v) is 5.23. The molecule has 144 valence electrons. The number of benzene rings is 1. The van der Waals surface area contributed by atoms with E-state index < -0.39 is 17.6 Å². The van der Waals surface area contributed by atoms with E-state index in [1.54, 1.807) is 10.8 Å². The van der Waals surface area contributed by atoms with Crippen molar-refractivity contribution in [2.45, 2.75) is 44.8 Å². The highest BCUT2D eigenvalue weighted by Gasteiger charge is 2.26. The lowest BCUT2D eigenvalue weighted by Gasteiger charge is -2.27. The molecule has 0 saturated heterocycles. The molecule has 0 saturated carbocycles. The lowest BCUT2D eigenvalue weighted by molar-refractivity contribution is -0.137. The molecule has 1 unspecified atom stereocenters. The summed E-state index contributed by atoms with van der Waals surface area (Å²) in [7, 11) is 0. The Hall–Kier alpha value is -2.55. The summed E-state index contributed by atoms with van der Waals surface area (Å²) < 4.78 is 31.6. The van der Waals surface area contributed by atoms with E-state index in [4.69, 9.17) is 17.3 Å². The highest BCUT2D eigenvalue weighted by Crippen LogP contribution is 2.32. The van der Waals surface area contributed by atoms with E-state index in [-0.39, 0.29) is 25.6 Å². The Morgan fingerprint density at radius 3 is 2.89 bits per heavy atom. The largest absolute Gasteiger partial charge is 0.481 e. The predicted molar refractivity (Wildman–Crippen MR) is 95.8 cm³/mol. The van der Waals surface area contributed by atoms with Crippen LogP contribution in [0.2, 0.25) is 0 Å². The molecule has 27 heavy (non-hydrogen) atoms. The molecule has 0 bridgehead atoms. The maximum absolute atomic E-state index is 14.0. The molecule has 0 aliphatic heterocycles. The second-order valence-corrected chi connectivity index (χ2v) is 6.90. The minimum absolute atomic E-state index is 0.0806. The van der Waals surface area contributed by atoms with Gasteiger partial charge in [-0.2, -0.15) is 0 Å². The first-order chi connectivity index (χ1) is 12.9. The van der Waals surface area contributed by atoms with Crippen molar-refractivity contribution in [3.8, 4) is 0 Å². The lowest BCUT2D eigenvalue weighted by atomic mass is 9.87. The Morgan fingerprint density at radius 1 is 1.41 bits per heavy atom. The Morgan fingerprint density at radius 2 is 2.19 bits per heavy atom. The van der Waals surface area contributed by atoms with Gasteiger partial charge in [0.25, 0.3) is 0 Å². The maximum Gasteiger partial charge on any atom is 0.305 e. The van der Waals surface area contributed by atoms with Crippen LogP contribution in [0.25, 0.3) is 0 Å². The number of nitrogens with zero attached hydrogens (tertiary/aromatic N) is 2. The van der Waals surface area contributed by atoms with Crippen LogP contribution in [0, 0.1) is 16.4 Å². The molecule has 2 aromatic rings. The summed E-state index contributed by atoms with van der Waals surface area (Å²) in [6.45, 7) is 0.440. The molecule has 1 aliphatic rings. The van der Waals surface area contributed by atoms with E-state index in [0.717, 1.165) is 11.8 Å². The molecule has 0 radical (unpaired) electrons.